The molecule has 0 aliphatic carbocycles. The number of nitrogens with zero attached hydrogens (tertiary/aromatic N) is 2. The van der Waals surface area contributed by atoms with E-state index in [-0.39, 0.29) is 18.9 Å². The van der Waals surface area contributed by atoms with E-state index < -0.39 is 5.54 Å². The van der Waals surface area contributed by atoms with Gasteiger partial charge >= 0.3 is 0 Å². The van der Waals surface area contributed by atoms with Gasteiger partial charge in [-0.3, -0.25) is 4.79 Å². The van der Waals surface area contributed by atoms with Gasteiger partial charge in [-0.1, -0.05) is 12.1 Å². The Hall–Kier alpha value is -2.66. The van der Waals surface area contributed by atoms with Crippen LogP contribution in [0.4, 0.5) is 0 Å². The number of hydrogen-bond acceptors (Lipinski definition) is 3. The molecule has 0 unspecified atom stereocenters. The molecule has 5 heteroatoms. The van der Waals surface area contributed by atoms with E-state index in [9.17, 15) is 9.90 Å². The van der Waals surface area contributed by atoms with Gasteiger partial charge in [-0.25, -0.2) is 4.98 Å². The smallest absolute Gasteiger partial charge is 0.226 e. The van der Waals surface area contributed by atoms with E-state index in [1.54, 1.807) is 13.8 Å². The summed E-state index contributed by atoms with van der Waals surface area (Å²) in [5, 5.41) is 12.3. The van der Waals surface area contributed by atoms with Crippen molar-refractivity contribution in [3.05, 3.63) is 58.9 Å². The van der Waals surface area contributed by atoms with Gasteiger partial charge in [-0.2, -0.15) is 0 Å². The number of amides is 1. The molecule has 0 fully saturated rings. The third-order valence-corrected chi connectivity index (χ3v) is 4.86. The molecular weight excluding hydrogens is 338 g/mol. The van der Waals surface area contributed by atoms with Crippen molar-refractivity contribution in [2.45, 2.75) is 46.6 Å². The highest BCUT2D eigenvalue weighted by Crippen LogP contribution is 2.27. The van der Waals surface area contributed by atoms with Crippen LogP contribution in [-0.4, -0.2) is 32.5 Å². The summed E-state index contributed by atoms with van der Waals surface area (Å²) < 4.78 is 1.98. The second kappa shape index (κ2) is 7.16. The lowest BCUT2D eigenvalue weighted by Crippen LogP contribution is -2.47. The van der Waals surface area contributed by atoms with Crippen molar-refractivity contribution in [3.63, 3.8) is 0 Å². The molecule has 0 bridgehead atoms. The van der Waals surface area contributed by atoms with E-state index in [0.717, 1.165) is 28.2 Å². The topological polar surface area (TPSA) is 66.6 Å². The van der Waals surface area contributed by atoms with Gasteiger partial charge in [0.1, 0.15) is 5.65 Å². The van der Waals surface area contributed by atoms with Gasteiger partial charge in [0, 0.05) is 11.8 Å². The van der Waals surface area contributed by atoms with Crippen molar-refractivity contribution in [2.24, 2.45) is 0 Å². The van der Waals surface area contributed by atoms with Crippen LogP contribution in [0.15, 0.2) is 36.5 Å². The summed E-state index contributed by atoms with van der Waals surface area (Å²) in [6, 6.07) is 10.3. The summed E-state index contributed by atoms with van der Waals surface area (Å²) in [5.41, 5.74) is 6.38. The predicted octanol–water partition coefficient (Wildman–Crippen LogP) is 3.36. The maximum atomic E-state index is 12.6. The molecule has 142 valence electrons. The molecule has 0 aliphatic heterocycles. The normalized spacial score (nSPS) is 11.8. The Balaban J connectivity index is 2.08. The number of hydrogen-bond donors (Lipinski definition) is 2. The molecule has 1 aromatic carbocycles. The van der Waals surface area contributed by atoms with Crippen LogP contribution in [0.3, 0.4) is 0 Å². The molecule has 0 aliphatic rings. The van der Waals surface area contributed by atoms with Crippen LogP contribution in [0.5, 0.6) is 0 Å². The van der Waals surface area contributed by atoms with Gasteiger partial charge in [0.2, 0.25) is 5.91 Å². The van der Waals surface area contributed by atoms with Crippen LogP contribution in [0.2, 0.25) is 0 Å². The van der Waals surface area contributed by atoms with Gasteiger partial charge in [-0.05, 0) is 69.5 Å². The molecule has 5 nitrogen and oxygen atoms in total. The number of carbonyl (C=O) groups is 1. The monoisotopic (exact) mass is 365 g/mol. The Labute approximate surface area is 160 Å². The quantitative estimate of drug-likeness (QED) is 0.729. The fourth-order valence-electron chi connectivity index (χ4n) is 3.10. The Morgan fingerprint density at radius 1 is 1.15 bits per heavy atom. The fraction of sp³-hybridized carbons (Fsp3) is 0.364. The predicted molar refractivity (Wildman–Crippen MR) is 108 cm³/mol. The summed E-state index contributed by atoms with van der Waals surface area (Å²) in [6.07, 6.45) is 2.15. The van der Waals surface area contributed by atoms with Crippen LogP contribution in [0, 0.1) is 20.8 Å². The summed E-state index contributed by atoms with van der Waals surface area (Å²) in [4.78, 5) is 17.5. The second-order valence-corrected chi connectivity index (χ2v) is 7.91. The maximum Gasteiger partial charge on any atom is 0.226 e. The molecule has 2 aromatic heterocycles. The molecular formula is C22H27N3O2. The zero-order valence-electron chi connectivity index (χ0n) is 16.6. The Bertz CT molecular complexity index is 1000. The van der Waals surface area contributed by atoms with E-state index in [2.05, 4.69) is 37.4 Å². The molecule has 3 aromatic rings. The minimum absolute atomic E-state index is 0.116. The number of benzene rings is 1. The van der Waals surface area contributed by atoms with Gasteiger partial charge in [0.25, 0.3) is 0 Å². The summed E-state index contributed by atoms with van der Waals surface area (Å²) in [6.45, 7) is 9.67. The largest absolute Gasteiger partial charge is 0.394 e. The Morgan fingerprint density at radius 3 is 2.56 bits per heavy atom. The lowest BCUT2D eigenvalue weighted by molar-refractivity contribution is -0.122. The fourth-order valence-corrected chi connectivity index (χ4v) is 3.10. The molecule has 0 radical (unpaired) electrons. The Kier molecular flexibility index (Phi) is 5.07. The first-order valence-electron chi connectivity index (χ1n) is 9.17. The highest BCUT2D eigenvalue weighted by molar-refractivity contribution is 5.82. The minimum atomic E-state index is -0.658. The number of fused-ring (bicyclic) bond motifs is 1. The average molecular weight is 365 g/mol. The molecule has 0 saturated heterocycles. The van der Waals surface area contributed by atoms with Crippen molar-refractivity contribution >= 4 is 11.6 Å². The average Bonchev–Trinajstić information content (AvgIpc) is 2.94. The SMILES string of the molecule is Cc1ccn2c(CC(=O)NC(C)(C)CO)c(-c3ccc(C)c(C)c3)nc2c1. The number of aliphatic hydroxyl groups is 1. The van der Waals surface area contributed by atoms with Crippen molar-refractivity contribution in [2.75, 3.05) is 6.61 Å². The zero-order valence-corrected chi connectivity index (χ0v) is 16.6. The number of imidazole rings is 1. The summed E-state index contributed by atoms with van der Waals surface area (Å²) in [5.74, 6) is -0.137. The third kappa shape index (κ3) is 4.03. The molecule has 0 spiro atoms. The maximum absolute atomic E-state index is 12.6. The molecule has 0 saturated carbocycles. The number of aliphatic hydroxyl groups excluding tert-OH is 1. The number of carbonyl (C=O) groups excluding carboxylic acids is 1. The highest BCUT2D eigenvalue weighted by atomic mass is 16.3. The highest BCUT2D eigenvalue weighted by Gasteiger charge is 2.22. The van der Waals surface area contributed by atoms with Crippen LogP contribution in [-0.2, 0) is 11.2 Å². The first-order valence-corrected chi connectivity index (χ1v) is 9.17. The lowest BCUT2D eigenvalue weighted by Gasteiger charge is -2.23. The van der Waals surface area contributed by atoms with Crippen molar-refractivity contribution in [1.82, 2.24) is 14.7 Å². The van der Waals surface area contributed by atoms with E-state index in [1.807, 2.05) is 29.7 Å². The molecule has 2 N–H and O–H groups in total. The molecule has 2 heterocycles. The summed E-state index contributed by atoms with van der Waals surface area (Å²) in [7, 11) is 0. The standard InChI is InChI=1S/C22H27N3O2/c1-14-8-9-25-18(12-20(27)24-22(4,5)13-26)21(23-19(25)10-14)17-7-6-15(2)16(3)11-17/h6-11,26H,12-13H2,1-5H3,(H,24,27). The number of nitrogens with one attached hydrogen (secondary N) is 1. The van der Waals surface area contributed by atoms with Crippen LogP contribution >= 0.6 is 0 Å². The van der Waals surface area contributed by atoms with E-state index in [1.165, 1.54) is 11.1 Å². The van der Waals surface area contributed by atoms with Crippen LogP contribution in [0.1, 0.15) is 36.2 Å². The van der Waals surface area contributed by atoms with Crippen molar-refractivity contribution in [3.8, 4) is 11.3 Å². The summed E-state index contributed by atoms with van der Waals surface area (Å²) >= 11 is 0. The number of pyridine rings is 1. The second-order valence-electron chi connectivity index (χ2n) is 7.91. The van der Waals surface area contributed by atoms with Gasteiger partial charge < -0.3 is 14.8 Å². The first kappa shape index (κ1) is 19.1. The van der Waals surface area contributed by atoms with Gasteiger partial charge in [0.15, 0.2) is 0 Å². The molecule has 3 rings (SSSR count). The number of aromatic nitrogens is 2. The van der Waals surface area contributed by atoms with Crippen LogP contribution < -0.4 is 5.32 Å². The number of rotatable bonds is 5. The van der Waals surface area contributed by atoms with E-state index in [4.69, 9.17) is 4.98 Å². The molecule has 0 atom stereocenters. The van der Waals surface area contributed by atoms with Crippen molar-refractivity contribution in [1.29, 1.82) is 0 Å². The number of aryl methyl sites for hydroxylation is 3. The minimum Gasteiger partial charge on any atom is -0.394 e. The Morgan fingerprint density at radius 2 is 1.89 bits per heavy atom. The molecule has 1 amide bonds. The van der Waals surface area contributed by atoms with E-state index >= 15 is 0 Å². The third-order valence-electron chi connectivity index (χ3n) is 4.86. The van der Waals surface area contributed by atoms with Gasteiger partial charge in [-0.15, -0.1) is 0 Å². The lowest BCUT2D eigenvalue weighted by atomic mass is 10.0. The van der Waals surface area contributed by atoms with Crippen molar-refractivity contribution < 1.29 is 9.90 Å². The first-order chi connectivity index (χ1) is 12.7. The zero-order chi connectivity index (χ0) is 19.8. The van der Waals surface area contributed by atoms with E-state index in [0.29, 0.717) is 0 Å². The molecule has 27 heavy (non-hydrogen) atoms. The van der Waals surface area contributed by atoms with Crippen LogP contribution in [0.25, 0.3) is 16.9 Å². The van der Waals surface area contributed by atoms with Gasteiger partial charge in [0.05, 0.1) is 30.0 Å².